The number of hydrogen-bond acceptors (Lipinski definition) is 5. The molecule has 0 spiro atoms. The summed E-state index contributed by atoms with van der Waals surface area (Å²) in [5.74, 6) is -0.381. The quantitative estimate of drug-likeness (QED) is 0.781. The van der Waals surface area contributed by atoms with E-state index in [-0.39, 0.29) is 13.0 Å². The average molecular weight is 208 g/mol. The summed E-state index contributed by atoms with van der Waals surface area (Å²) in [6.45, 7) is 0.239. The summed E-state index contributed by atoms with van der Waals surface area (Å²) < 4.78 is 6.32. The fraction of sp³-hybridized carbons (Fsp3) is 0.250. The van der Waals surface area contributed by atoms with Gasteiger partial charge in [0.15, 0.2) is 5.82 Å². The minimum atomic E-state index is -0.886. The van der Waals surface area contributed by atoms with Crippen LogP contribution in [0.1, 0.15) is 6.42 Å². The number of nitrogens with zero attached hydrogens (tertiary/aromatic N) is 4. The number of carbonyl (C=O) groups is 1. The Hall–Kier alpha value is -2.18. The Morgan fingerprint density at radius 3 is 3.13 bits per heavy atom. The van der Waals surface area contributed by atoms with Gasteiger partial charge in [0.05, 0.1) is 24.8 Å². The molecular weight excluding hydrogens is 200 g/mol. The van der Waals surface area contributed by atoms with Crippen LogP contribution in [0.15, 0.2) is 23.0 Å². The molecule has 0 radical (unpaired) electrons. The van der Waals surface area contributed by atoms with Crippen LogP contribution in [0, 0.1) is 0 Å². The fourth-order valence-electron chi connectivity index (χ4n) is 1.16. The monoisotopic (exact) mass is 208 g/mol. The maximum absolute atomic E-state index is 10.4. The Morgan fingerprint density at radius 1 is 1.60 bits per heavy atom. The third-order valence-corrected chi connectivity index (χ3v) is 1.85. The molecule has 2 heterocycles. The topological polar surface area (TPSA) is 94.0 Å². The smallest absolute Gasteiger partial charge is 0.305 e. The van der Waals surface area contributed by atoms with Gasteiger partial charge in [-0.15, -0.1) is 5.10 Å². The predicted octanol–water partition coefficient (Wildman–Crippen LogP) is 0.408. The van der Waals surface area contributed by atoms with Gasteiger partial charge >= 0.3 is 5.97 Å². The standard InChI is InChI=1S/C8H8N4O3/c13-7(14)1-3-12-8(9-10-11-12)6-2-4-15-5-6/h2,4-5H,1,3H2,(H,13,14). The highest BCUT2D eigenvalue weighted by Crippen LogP contribution is 2.15. The second-order valence-corrected chi connectivity index (χ2v) is 2.88. The van der Waals surface area contributed by atoms with Crippen LogP contribution in [0.4, 0.5) is 0 Å². The Labute approximate surface area is 84.3 Å². The molecule has 0 saturated carbocycles. The highest BCUT2D eigenvalue weighted by atomic mass is 16.4. The molecule has 2 aromatic heterocycles. The van der Waals surface area contributed by atoms with Crippen molar-refractivity contribution in [3.63, 3.8) is 0 Å². The van der Waals surface area contributed by atoms with Gasteiger partial charge in [0.25, 0.3) is 0 Å². The Kier molecular flexibility index (Phi) is 2.44. The minimum absolute atomic E-state index is 0.0180. The third-order valence-electron chi connectivity index (χ3n) is 1.85. The maximum atomic E-state index is 10.4. The molecule has 0 aliphatic carbocycles. The summed E-state index contributed by atoms with van der Waals surface area (Å²) >= 11 is 0. The molecule has 0 saturated heterocycles. The van der Waals surface area contributed by atoms with Gasteiger partial charge in [-0.1, -0.05) is 0 Å². The lowest BCUT2D eigenvalue weighted by molar-refractivity contribution is -0.137. The van der Waals surface area contributed by atoms with Crippen LogP contribution in [-0.2, 0) is 11.3 Å². The molecule has 1 N–H and O–H groups in total. The number of aliphatic carboxylic acids is 1. The number of aryl methyl sites for hydroxylation is 1. The first-order valence-corrected chi connectivity index (χ1v) is 4.28. The molecular formula is C8H8N4O3. The van der Waals surface area contributed by atoms with Crippen molar-refractivity contribution < 1.29 is 14.3 Å². The molecule has 15 heavy (non-hydrogen) atoms. The van der Waals surface area contributed by atoms with E-state index in [9.17, 15) is 4.79 Å². The highest BCUT2D eigenvalue weighted by molar-refractivity contribution is 5.66. The van der Waals surface area contributed by atoms with E-state index in [4.69, 9.17) is 9.52 Å². The fourth-order valence-corrected chi connectivity index (χ4v) is 1.16. The summed E-state index contributed by atoms with van der Waals surface area (Å²) in [5, 5.41) is 19.5. The zero-order valence-corrected chi connectivity index (χ0v) is 7.70. The molecule has 2 aromatic rings. The molecule has 7 heteroatoms. The van der Waals surface area contributed by atoms with Crippen LogP contribution in [0.5, 0.6) is 0 Å². The van der Waals surface area contributed by atoms with Crippen molar-refractivity contribution in [2.45, 2.75) is 13.0 Å². The Balaban J connectivity index is 2.19. The van der Waals surface area contributed by atoms with Crippen molar-refractivity contribution in [2.75, 3.05) is 0 Å². The van der Waals surface area contributed by atoms with E-state index in [1.807, 2.05) is 0 Å². The molecule has 0 fully saturated rings. The summed E-state index contributed by atoms with van der Waals surface area (Å²) in [6.07, 6.45) is 2.99. The molecule has 0 atom stereocenters. The normalized spacial score (nSPS) is 10.4. The molecule has 7 nitrogen and oxygen atoms in total. The number of rotatable bonds is 4. The van der Waals surface area contributed by atoms with E-state index < -0.39 is 5.97 Å². The summed E-state index contributed by atoms with van der Waals surface area (Å²) in [4.78, 5) is 10.4. The SMILES string of the molecule is O=C(O)CCn1nnnc1-c1ccoc1. The molecule has 0 bridgehead atoms. The maximum Gasteiger partial charge on any atom is 0.305 e. The van der Waals surface area contributed by atoms with Crippen LogP contribution in [0.3, 0.4) is 0 Å². The van der Waals surface area contributed by atoms with Crippen molar-refractivity contribution >= 4 is 5.97 Å². The van der Waals surface area contributed by atoms with Crippen molar-refractivity contribution in [3.05, 3.63) is 18.6 Å². The van der Waals surface area contributed by atoms with Crippen LogP contribution in [0.2, 0.25) is 0 Å². The zero-order valence-electron chi connectivity index (χ0n) is 7.70. The Morgan fingerprint density at radius 2 is 2.47 bits per heavy atom. The van der Waals surface area contributed by atoms with Gasteiger partial charge in [0, 0.05) is 0 Å². The van der Waals surface area contributed by atoms with Crippen molar-refractivity contribution in [2.24, 2.45) is 0 Å². The number of carboxylic acids is 1. The average Bonchev–Trinajstić information content (AvgIpc) is 2.85. The van der Waals surface area contributed by atoms with Gasteiger partial charge in [-0.05, 0) is 16.5 Å². The van der Waals surface area contributed by atoms with E-state index in [0.29, 0.717) is 5.82 Å². The van der Waals surface area contributed by atoms with Crippen molar-refractivity contribution in [1.29, 1.82) is 0 Å². The molecule has 0 aliphatic rings. The van der Waals surface area contributed by atoms with Gasteiger partial charge in [-0.3, -0.25) is 4.79 Å². The first-order valence-electron chi connectivity index (χ1n) is 4.28. The molecule has 78 valence electrons. The minimum Gasteiger partial charge on any atom is -0.481 e. The van der Waals surface area contributed by atoms with Crippen LogP contribution in [0.25, 0.3) is 11.4 Å². The van der Waals surface area contributed by atoms with E-state index in [2.05, 4.69) is 15.5 Å². The summed E-state index contributed by atoms with van der Waals surface area (Å²) in [6, 6.07) is 1.71. The van der Waals surface area contributed by atoms with Gasteiger partial charge in [0.2, 0.25) is 0 Å². The molecule has 0 unspecified atom stereocenters. The highest BCUT2D eigenvalue weighted by Gasteiger charge is 2.10. The van der Waals surface area contributed by atoms with Gasteiger partial charge < -0.3 is 9.52 Å². The van der Waals surface area contributed by atoms with Crippen LogP contribution in [-0.4, -0.2) is 31.3 Å². The molecule has 0 aromatic carbocycles. The number of aromatic nitrogens is 4. The van der Waals surface area contributed by atoms with Gasteiger partial charge in [-0.25, -0.2) is 4.68 Å². The van der Waals surface area contributed by atoms with E-state index in [0.717, 1.165) is 5.56 Å². The lowest BCUT2D eigenvalue weighted by Crippen LogP contribution is -2.07. The molecule has 0 amide bonds. The third kappa shape index (κ3) is 2.01. The largest absolute Gasteiger partial charge is 0.481 e. The summed E-state index contributed by atoms with van der Waals surface area (Å²) in [7, 11) is 0. The number of hydrogen-bond donors (Lipinski definition) is 1. The Bertz CT molecular complexity index is 448. The number of carboxylic acid groups (broad SMARTS) is 1. The second-order valence-electron chi connectivity index (χ2n) is 2.88. The second kappa shape index (κ2) is 3.91. The summed E-state index contributed by atoms with van der Waals surface area (Å²) in [5.41, 5.74) is 0.727. The van der Waals surface area contributed by atoms with E-state index in [1.54, 1.807) is 6.07 Å². The first-order chi connectivity index (χ1) is 7.27. The number of furan rings is 1. The zero-order chi connectivity index (χ0) is 10.7. The lowest BCUT2D eigenvalue weighted by atomic mass is 10.3. The van der Waals surface area contributed by atoms with Gasteiger partial charge in [-0.2, -0.15) is 0 Å². The lowest BCUT2D eigenvalue weighted by Gasteiger charge is -1.99. The van der Waals surface area contributed by atoms with E-state index in [1.165, 1.54) is 17.2 Å². The van der Waals surface area contributed by atoms with Crippen LogP contribution >= 0.6 is 0 Å². The molecule has 2 rings (SSSR count). The van der Waals surface area contributed by atoms with Crippen molar-refractivity contribution in [1.82, 2.24) is 20.2 Å². The van der Waals surface area contributed by atoms with Crippen molar-refractivity contribution in [3.8, 4) is 11.4 Å². The first kappa shape index (κ1) is 9.38. The van der Waals surface area contributed by atoms with E-state index >= 15 is 0 Å². The number of tetrazole rings is 1. The van der Waals surface area contributed by atoms with Crippen LogP contribution < -0.4 is 0 Å². The predicted molar refractivity (Wildman–Crippen MR) is 47.8 cm³/mol. The molecule has 0 aliphatic heterocycles. The van der Waals surface area contributed by atoms with Gasteiger partial charge in [0.1, 0.15) is 6.26 Å².